The van der Waals surface area contributed by atoms with Gasteiger partial charge in [0.15, 0.2) is 5.58 Å². The van der Waals surface area contributed by atoms with E-state index in [-0.39, 0.29) is 18.6 Å². The molecule has 2 heterocycles. The molecule has 112 valence electrons. The molecule has 2 aromatic rings. The Bertz CT molecular complexity index is 695. The summed E-state index contributed by atoms with van der Waals surface area (Å²) in [7, 11) is 1.69. The number of oxazole rings is 1. The molecule has 0 aliphatic carbocycles. The summed E-state index contributed by atoms with van der Waals surface area (Å²) in [6.45, 7) is 1.36. The molecule has 1 amide bonds. The van der Waals surface area contributed by atoms with Gasteiger partial charge < -0.3 is 14.1 Å². The van der Waals surface area contributed by atoms with E-state index < -0.39 is 5.76 Å². The van der Waals surface area contributed by atoms with Crippen molar-refractivity contribution in [1.82, 2.24) is 9.47 Å². The summed E-state index contributed by atoms with van der Waals surface area (Å²) < 4.78 is 11.8. The summed E-state index contributed by atoms with van der Waals surface area (Å²) in [5, 5.41) is 0. The largest absolute Gasteiger partial charge is 0.420 e. The first-order valence-electron chi connectivity index (χ1n) is 7.08. The van der Waals surface area contributed by atoms with Gasteiger partial charge in [-0.25, -0.2) is 4.79 Å². The van der Waals surface area contributed by atoms with Crippen LogP contribution < -0.4 is 5.76 Å². The van der Waals surface area contributed by atoms with Crippen molar-refractivity contribution in [3.8, 4) is 0 Å². The SMILES string of the molecule is COC1CCN(C(=O)Cn2c(=O)oc3ccccc32)CC1. The molecule has 1 aromatic heterocycles. The van der Waals surface area contributed by atoms with Crippen LogP contribution in [0.15, 0.2) is 33.5 Å². The Morgan fingerprint density at radius 3 is 2.76 bits per heavy atom. The van der Waals surface area contributed by atoms with Gasteiger partial charge in [-0.2, -0.15) is 0 Å². The van der Waals surface area contributed by atoms with Crippen molar-refractivity contribution in [2.24, 2.45) is 0 Å². The van der Waals surface area contributed by atoms with E-state index in [1.807, 2.05) is 6.07 Å². The fourth-order valence-corrected chi connectivity index (χ4v) is 2.74. The fourth-order valence-electron chi connectivity index (χ4n) is 2.74. The quantitative estimate of drug-likeness (QED) is 0.853. The maximum Gasteiger partial charge on any atom is 0.420 e. The highest BCUT2D eigenvalue weighted by Gasteiger charge is 2.23. The van der Waals surface area contributed by atoms with Gasteiger partial charge in [0.25, 0.3) is 0 Å². The van der Waals surface area contributed by atoms with Gasteiger partial charge in [0.05, 0.1) is 11.6 Å². The third kappa shape index (κ3) is 2.71. The molecule has 0 atom stereocenters. The minimum Gasteiger partial charge on any atom is -0.408 e. The monoisotopic (exact) mass is 290 g/mol. The van der Waals surface area contributed by atoms with E-state index in [2.05, 4.69) is 0 Å². The molecule has 0 unspecified atom stereocenters. The summed E-state index contributed by atoms with van der Waals surface area (Å²) in [6, 6.07) is 7.13. The zero-order valence-electron chi connectivity index (χ0n) is 11.9. The van der Waals surface area contributed by atoms with Crippen LogP contribution in [-0.4, -0.2) is 41.7 Å². The van der Waals surface area contributed by atoms with Gasteiger partial charge >= 0.3 is 5.76 Å². The van der Waals surface area contributed by atoms with Crippen LogP contribution >= 0.6 is 0 Å². The minimum atomic E-state index is -0.490. The summed E-state index contributed by atoms with van der Waals surface area (Å²) in [5.41, 5.74) is 1.16. The molecule has 21 heavy (non-hydrogen) atoms. The van der Waals surface area contributed by atoms with E-state index >= 15 is 0 Å². The third-order valence-corrected chi connectivity index (χ3v) is 4.00. The molecule has 6 nitrogen and oxygen atoms in total. The molecule has 0 N–H and O–H groups in total. The first-order valence-corrected chi connectivity index (χ1v) is 7.08. The lowest BCUT2D eigenvalue weighted by atomic mass is 10.1. The van der Waals surface area contributed by atoms with Crippen molar-refractivity contribution in [2.75, 3.05) is 20.2 Å². The minimum absolute atomic E-state index is 0.0213. The summed E-state index contributed by atoms with van der Waals surface area (Å²) in [6.07, 6.45) is 1.90. The lowest BCUT2D eigenvalue weighted by Crippen LogP contribution is -2.42. The molecular formula is C15H18N2O4. The summed E-state index contributed by atoms with van der Waals surface area (Å²) in [5.74, 6) is -0.547. The van der Waals surface area contributed by atoms with Crippen LogP contribution in [0.3, 0.4) is 0 Å². The zero-order valence-corrected chi connectivity index (χ0v) is 11.9. The molecule has 1 saturated heterocycles. The number of carbonyl (C=O) groups excluding carboxylic acids is 1. The maximum absolute atomic E-state index is 12.3. The average molecular weight is 290 g/mol. The Morgan fingerprint density at radius 2 is 2.05 bits per heavy atom. The number of hydrogen-bond donors (Lipinski definition) is 0. The Morgan fingerprint density at radius 1 is 1.33 bits per heavy atom. The number of rotatable bonds is 3. The Balaban J connectivity index is 1.75. The van der Waals surface area contributed by atoms with Crippen molar-refractivity contribution in [3.63, 3.8) is 0 Å². The molecule has 1 aromatic carbocycles. The normalized spacial score (nSPS) is 16.5. The van der Waals surface area contributed by atoms with Crippen LogP contribution in [0.5, 0.6) is 0 Å². The smallest absolute Gasteiger partial charge is 0.408 e. The molecular weight excluding hydrogens is 272 g/mol. The van der Waals surface area contributed by atoms with Gasteiger partial charge in [0.2, 0.25) is 5.91 Å². The molecule has 0 saturated carbocycles. The van der Waals surface area contributed by atoms with Gasteiger partial charge in [-0.05, 0) is 25.0 Å². The molecule has 0 bridgehead atoms. The van der Waals surface area contributed by atoms with Crippen LogP contribution in [0.1, 0.15) is 12.8 Å². The average Bonchev–Trinajstić information content (AvgIpc) is 2.83. The van der Waals surface area contributed by atoms with Gasteiger partial charge in [-0.1, -0.05) is 12.1 Å². The number of nitrogens with zero attached hydrogens (tertiary/aromatic N) is 2. The predicted octanol–water partition coefficient (Wildman–Crippen LogP) is 1.23. The number of likely N-dealkylation sites (tertiary alicyclic amines) is 1. The van der Waals surface area contributed by atoms with Gasteiger partial charge in [0, 0.05) is 20.2 Å². The number of ether oxygens (including phenoxy) is 1. The molecule has 0 spiro atoms. The van der Waals surface area contributed by atoms with Crippen LogP contribution in [0.2, 0.25) is 0 Å². The Labute approximate surface area is 121 Å². The van der Waals surface area contributed by atoms with Crippen molar-refractivity contribution < 1.29 is 13.9 Å². The summed E-state index contributed by atoms with van der Waals surface area (Å²) >= 11 is 0. The molecule has 1 aliphatic heterocycles. The zero-order chi connectivity index (χ0) is 14.8. The number of piperidine rings is 1. The molecule has 0 radical (unpaired) electrons. The van der Waals surface area contributed by atoms with Crippen LogP contribution in [0, 0.1) is 0 Å². The number of hydrogen-bond acceptors (Lipinski definition) is 4. The second kappa shape index (κ2) is 5.73. The topological polar surface area (TPSA) is 64.7 Å². The van der Waals surface area contributed by atoms with E-state index in [1.165, 1.54) is 4.57 Å². The molecule has 1 aliphatic rings. The van der Waals surface area contributed by atoms with Crippen LogP contribution in [0.4, 0.5) is 0 Å². The predicted molar refractivity (Wildman–Crippen MR) is 77.1 cm³/mol. The first-order chi connectivity index (χ1) is 10.2. The van der Waals surface area contributed by atoms with E-state index in [9.17, 15) is 9.59 Å². The van der Waals surface area contributed by atoms with E-state index in [4.69, 9.17) is 9.15 Å². The number of amides is 1. The highest BCUT2D eigenvalue weighted by atomic mass is 16.5. The number of carbonyl (C=O) groups is 1. The van der Waals surface area contributed by atoms with Crippen molar-refractivity contribution in [2.45, 2.75) is 25.5 Å². The second-order valence-corrected chi connectivity index (χ2v) is 5.24. The Kier molecular flexibility index (Phi) is 3.79. The van der Waals surface area contributed by atoms with Crippen LogP contribution in [-0.2, 0) is 16.1 Å². The highest BCUT2D eigenvalue weighted by molar-refractivity contribution is 5.79. The Hall–Kier alpha value is -2.08. The number of methoxy groups -OCH3 is 1. The maximum atomic E-state index is 12.3. The van der Waals surface area contributed by atoms with E-state index in [0.717, 1.165) is 12.8 Å². The number of aromatic nitrogens is 1. The van der Waals surface area contributed by atoms with Gasteiger partial charge in [-0.3, -0.25) is 9.36 Å². The number of para-hydroxylation sites is 2. The van der Waals surface area contributed by atoms with Crippen LogP contribution in [0.25, 0.3) is 11.1 Å². The second-order valence-electron chi connectivity index (χ2n) is 5.24. The van der Waals surface area contributed by atoms with Crippen molar-refractivity contribution in [3.05, 3.63) is 34.8 Å². The third-order valence-electron chi connectivity index (χ3n) is 4.00. The van der Waals surface area contributed by atoms with Gasteiger partial charge in [-0.15, -0.1) is 0 Å². The summed E-state index contributed by atoms with van der Waals surface area (Å²) in [4.78, 5) is 26.0. The van der Waals surface area contributed by atoms with Gasteiger partial charge in [0.1, 0.15) is 6.54 Å². The molecule has 3 rings (SSSR count). The fraction of sp³-hybridized carbons (Fsp3) is 0.467. The van der Waals surface area contributed by atoms with E-state index in [0.29, 0.717) is 24.2 Å². The van der Waals surface area contributed by atoms with Crippen molar-refractivity contribution >= 4 is 17.0 Å². The number of fused-ring (bicyclic) bond motifs is 1. The molecule has 1 fully saturated rings. The first kappa shape index (κ1) is 13.9. The lowest BCUT2D eigenvalue weighted by molar-refractivity contribution is -0.134. The molecule has 6 heteroatoms. The standard InChI is InChI=1S/C15H18N2O4/c1-20-11-6-8-16(9-7-11)14(18)10-17-12-4-2-3-5-13(12)21-15(17)19/h2-5,11H,6-10H2,1H3. The van der Waals surface area contributed by atoms with Crippen molar-refractivity contribution in [1.29, 1.82) is 0 Å². The highest BCUT2D eigenvalue weighted by Crippen LogP contribution is 2.15. The number of benzene rings is 1. The van der Waals surface area contributed by atoms with E-state index in [1.54, 1.807) is 30.2 Å². The lowest BCUT2D eigenvalue weighted by Gasteiger charge is -2.31.